The first-order valence-electron chi connectivity index (χ1n) is 12.8. The van der Waals surface area contributed by atoms with Gasteiger partial charge in [-0.25, -0.2) is 0 Å². The van der Waals surface area contributed by atoms with Crippen molar-refractivity contribution in [1.29, 1.82) is 0 Å². The van der Waals surface area contributed by atoms with Gasteiger partial charge in [0.1, 0.15) is 0 Å². The Hall–Kier alpha value is -4.29. The van der Waals surface area contributed by atoms with E-state index in [1.54, 1.807) is 0 Å². The van der Waals surface area contributed by atoms with E-state index in [1.807, 2.05) is 48.8 Å². The summed E-state index contributed by atoms with van der Waals surface area (Å²) in [6.07, 6.45) is 3.67. The fraction of sp³-hybridized carbons (Fsp3) is 0. The van der Waals surface area contributed by atoms with Crippen LogP contribution >= 0.6 is 0 Å². The van der Waals surface area contributed by atoms with Gasteiger partial charge in [0.25, 0.3) is 0 Å². The molecule has 2 aliphatic heterocycles. The topological polar surface area (TPSA) is 29.0 Å². The Bertz CT molecular complexity index is 1710. The van der Waals surface area contributed by atoms with Crippen LogP contribution in [-0.2, 0) is 20.4 Å². The quantitative estimate of drug-likeness (QED) is 0.176. The molecule has 8 rings (SSSR count). The van der Waals surface area contributed by atoms with Crippen LogP contribution in [0.4, 0.5) is 11.4 Å². The molecule has 0 bridgehead atoms. The second-order valence-corrected chi connectivity index (χ2v) is 9.65. The first-order chi connectivity index (χ1) is 18.9. The minimum absolute atomic E-state index is 0. The van der Waals surface area contributed by atoms with Crippen LogP contribution in [0, 0.1) is 12.1 Å². The summed E-state index contributed by atoms with van der Waals surface area (Å²) >= 11 is 0. The smallest absolute Gasteiger partial charge is 0.407 e. The summed E-state index contributed by atoms with van der Waals surface area (Å²) in [7, 11) is 0. The average Bonchev–Trinajstić information content (AvgIpc) is 3.01. The Kier molecular flexibility index (Phi) is 5.78. The van der Waals surface area contributed by atoms with Gasteiger partial charge in [0.2, 0.25) is 0 Å². The molecule has 0 fully saturated rings. The van der Waals surface area contributed by atoms with Crippen molar-refractivity contribution in [3.05, 3.63) is 134 Å². The second kappa shape index (κ2) is 9.47. The number of rotatable bonds is 2. The first kappa shape index (κ1) is 23.8. The van der Waals surface area contributed by atoms with E-state index in [2.05, 4.69) is 99.7 Å². The number of aromatic nitrogens is 2. The van der Waals surface area contributed by atoms with E-state index in [1.165, 1.54) is 33.2 Å². The van der Waals surface area contributed by atoms with E-state index < -0.39 is 0 Å². The number of fused-ring (bicyclic) bond motifs is 11. The summed E-state index contributed by atoms with van der Waals surface area (Å²) in [5.74, 6) is 0. The molecule has 0 aliphatic carbocycles. The van der Waals surface area contributed by atoms with Gasteiger partial charge >= 0.3 is 27.3 Å². The Labute approximate surface area is 242 Å². The van der Waals surface area contributed by atoms with E-state index in [4.69, 9.17) is 0 Å². The molecule has 0 saturated heterocycles. The van der Waals surface area contributed by atoms with Crippen LogP contribution < -0.4 is 15.7 Å². The average molecular weight is 588 g/mol. The molecule has 0 saturated carbocycles. The number of anilines is 2. The van der Waals surface area contributed by atoms with Crippen LogP contribution in [0.1, 0.15) is 0 Å². The third kappa shape index (κ3) is 3.70. The van der Waals surface area contributed by atoms with Gasteiger partial charge < -0.3 is 14.8 Å². The van der Waals surface area contributed by atoms with Crippen LogP contribution in [0.2, 0.25) is 0 Å². The maximum atomic E-state index is 4.61. The van der Waals surface area contributed by atoms with Crippen molar-refractivity contribution in [1.82, 2.24) is 9.97 Å². The molecule has 6 aromatic rings. The summed E-state index contributed by atoms with van der Waals surface area (Å²) in [6.45, 7) is 0.00728. The summed E-state index contributed by atoms with van der Waals surface area (Å²) in [5, 5.41) is 0. The van der Waals surface area contributed by atoms with E-state index in [-0.39, 0.29) is 27.3 Å². The zero-order valence-corrected chi connectivity index (χ0v) is 22.3. The van der Waals surface area contributed by atoms with Gasteiger partial charge in [-0.05, 0) is 23.5 Å². The molecule has 0 atom stereocenters. The summed E-state index contributed by atoms with van der Waals surface area (Å²) < 4.78 is 0. The number of hydrogen-bond acceptors (Lipinski definition) is 3. The molecule has 184 valence electrons. The standard InChI is InChI=1S/C34H20BN3.Pd/c1-3-11-29-25(9-1)27-17-15-23(31-13-5-7-19-36-31)21-33(27)38-34-22-24(32-14-6-8-20-37-32)16-18-28(34)26-10-2-4-12-30(26)35(29)38;/h1-20H;/q-2;+2. The predicted molar refractivity (Wildman–Crippen MR) is 155 cm³/mol. The molecule has 3 nitrogen and oxygen atoms in total. The van der Waals surface area contributed by atoms with Gasteiger partial charge in [-0.3, -0.25) is 0 Å². The third-order valence-corrected chi connectivity index (χ3v) is 7.56. The molecular formula is C34H20BN3Pd. The van der Waals surface area contributed by atoms with Gasteiger partial charge in [0.05, 0.1) is 0 Å². The van der Waals surface area contributed by atoms with E-state index >= 15 is 0 Å². The molecule has 0 N–H and O–H groups in total. The van der Waals surface area contributed by atoms with Gasteiger partial charge in [-0.15, -0.1) is 47.5 Å². The van der Waals surface area contributed by atoms with E-state index in [0.29, 0.717) is 0 Å². The minimum Gasteiger partial charge on any atom is -0.407 e. The zero-order valence-electron chi connectivity index (χ0n) is 20.8. The van der Waals surface area contributed by atoms with Crippen molar-refractivity contribution in [3.63, 3.8) is 0 Å². The minimum atomic E-state index is 0. The molecule has 0 amide bonds. The molecule has 2 aromatic heterocycles. The normalized spacial score (nSPS) is 12.3. The molecule has 0 radical (unpaired) electrons. The molecule has 0 spiro atoms. The third-order valence-electron chi connectivity index (χ3n) is 7.56. The van der Waals surface area contributed by atoms with Crippen molar-refractivity contribution in [3.8, 4) is 44.8 Å². The van der Waals surface area contributed by atoms with Crippen molar-refractivity contribution in [2.45, 2.75) is 0 Å². The molecule has 4 heterocycles. The van der Waals surface area contributed by atoms with Gasteiger partial charge in [0.15, 0.2) is 0 Å². The van der Waals surface area contributed by atoms with Crippen molar-refractivity contribution < 1.29 is 20.4 Å². The predicted octanol–water partition coefficient (Wildman–Crippen LogP) is 6.31. The van der Waals surface area contributed by atoms with E-state index in [0.717, 1.165) is 33.9 Å². The van der Waals surface area contributed by atoms with Crippen LogP contribution in [0.5, 0.6) is 0 Å². The fourth-order valence-electron chi connectivity index (χ4n) is 5.90. The summed E-state index contributed by atoms with van der Waals surface area (Å²) in [4.78, 5) is 11.7. The Balaban J connectivity index is 0.00000253. The molecule has 2 aliphatic rings. The van der Waals surface area contributed by atoms with Crippen LogP contribution in [-0.4, -0.2) is 16.8 Å². The van der Waals surface area contributed by atoms with Crippen molar-refractivity contribution in [2.24, 2.45) is 0 Å². The van der Waals surface area contributed by atoms with Crippen molar-refractivity contribution in [2.75, 3.05) is 4.81 Å². The largest absolute Gasteiger partial charge is 2.00 e. The Morgan fingerprint density at radius 2 is 0.949 bits per heavy atom. The molecular weight excluding hydrogens is 568 g/mol. The fourth-order valence-corrected chi connectivity index (χ4v) is 5.90. The van der Waals surface area contributed by atoms with E-state index in [9.17, 15) is 0 Å². The first-order valence-corrected chi connectivity index (χ1v) is 12.8. The maximum Gasteiger partial charge on any atom is 2.00 e. The van der Waals surface area contributed by atoms with Crippen LogP contribution in [0.15, 0.2) is 122 Å². The summed E-state index contributed by atoms with van der Waals surface area (Å²) in [6, 6.07) is 45.8. The molecule has 5 heteroatoms. The van der Waals surface area contributed by atoms with Crippen LogP contribution in [0.25, 0.3) is 44.8 Å². The number of pyridine rings is 2. The van der Waals surface area contributed by atoms with Crippen molar-refractivity contribution >= 4 is 29.1 Å². The SMILES string of the molecule is [Pd+2].[c-]1c(-c2ccccn2)ccc2c1N1B(c3ccccc3-2)c2ccccc2-c2ccc(-c3ccccn3)[c-]c21. The van der Waals surface area contributed by atoms with Gasteiger partial charge in [-0.1, -0.05) is 117 Å². The zero-order chi connectivity index (χ0) is 25.1. The maximum absolute atomic E-state index is 4.61. The number of benzene rings is 4. The number of nitrogens with zero attached hydrogens (tertiary/aromatic N) is 3. The van der Waals surface area contributed by atoms with Gasteiger partial charge in [-0.2, -0.15) is 0 Å². The molecule has 4 aromatic carbocycles. The monoisotopic (exact) mass is 587 g/mol. The summed E-state index contributed by atoms with van der Waals surface area (Å²) in [5.41, 5.74) is 13.2. The Morgan fingerprint density at radius 3 is 1.41 bits per heavy atom. The molecule has 0 unspecified atom stereocenters. The molecule has 39 heavy (non-hydrogen) atoms. The van der Waals surface area contributed by atoms with Gasteiger partial charge in [0, 0.05) is 12.4 Å². The Morgan fingerprint density at radius 1 is 0.487 bits per heavy atom. The van der Waals surface area contributed by atoms with Crippen LogP contribution in [0.3, 0.4) is 0 Å². The second-order valence-electron chi connectivity index (χ2n) is 9.65. The number of hydrogen-bond donors (Lipinski definition) is 0.